The molecule has 128 valence electrons. The molecule has 5 nitrogen and oxygen atoms in total. The molecular formula is C17H26FN3O2. The van der Waals surface area contributed by atoms with E-state index in [4.69, 9.17) is 4.74 Å². The Bertz CT molecular complexity index is 504. The van der Waals surface area contributed by atoms with Crippen molar-refractivity contribution in [3.05, 3.63) is 35.6 Å². The van der Waals surface area contributed by atoms with Gasteiger partial charge >= 0.3 is 6.03 Å². The molecule has 0 aromatic heterocycles. The number of carbonyl (C=O) groups excluding carboxylic acids is 1. The zero-order valence-corrected chi connectivity index (χ0v) is 13.9. The fourth-order valence-electron chi connectivity index (χ4n) is 2.52. The standard InChI is InChI=1S/C17H26FN3O2/c1-20(2)9-10-21(13-14-6-3-4-8-16(14)18)17(22)19-12-15-7-5-11-23-15/h3-4,6,8,15H,5,7,9-13H2,1-2H3,(H,19,22). The largest absolute Gasteiger partial charge is 0.376 e. The molecule has 0 radical (unpaired) electrons. The topological polar surface area (TPSA) is 44.8 Å². The molecule has 1 saturated heterocycles. The first-order valence-corrected chi connectivity index (χ1v) is 8.09. The summed E-state index contributed by atoms with van der Waals surface area (Å²) in [6, 6.07) is 6.40. The third-order valence-electron chi connectivity index (χ3n) is 3.93. The van der Waals surface area contributed by atoms with E-state index in [-0.39, 0.29) is 24.5 Å². The highest BCUT2D eigenvalue weighted by Gasteiger charge is 2.20. The Hall–Kier alpha value is -1.66. The van der Waals surface area contributed by atoms with E-state index < -0.39 is 0 Å². The van der Waals surface area contributed by atoms with E-state index in [1.54, 1.807) is 23.1 Å². The number of nitrogens with one attached hydrogen (secondary N) is 1. The lowest BCUT2D eigenvalue weighted by atomic mass is 10.2. The molecule has 0 aliphatic carbocycles. The lowest BCUT2D eigenvalue weighted by molar-refractivity contribution is 0.108. The Balaban J connectivity index is 1.94. The van der Waals surface area contributed by atoms with Gasteiger partial charge in [0.15, 0.2) is 0 Å². The maximum atomic E-state index is 13.9. The van der Waals surface area contributed by atoms with Gasteiger partial charge in [-0.15, -0.1) is 0 Å². The summed E-state index contributed by atoms with van der Waals surface area (Å²) in [6.07, 6.45) is 2.12. The number of hydrogen-bond donors (Lipinski definition) is 1. The smallest absolute Gasteiger partial charge is 0.317 e. The van der Waals surface area contributed by atoms with Gasteiger partial charge in [0.05, 0.1) is 12.6 Å². The summed E-state index contributed by atoms with van der Waals surface area (Å²) < 4.78 is 19.4. The van der Waals surface area contributed by atoms with Crippen LogP contribution in [0, 0.1) is 5.82 Å². The van der Waals surface area contributed by atoms with Gasteiger partial charge < -0.3 is 19.9 Å². The molecular weight excluding hydrogens is 297 g/mol. The number of nitrogens with zero attached hydrogens (tertiary/aromatic N) is 2. The van der Waals surface area contributed by atoms with Gasteiger partial charge in [-0.1, -0.05) is 18.2 Å². The third-order valence-corrected chi connectivity index (χ3v) is 3.93. The molecule has 2 rings (SSSR count). The Kier molecular flexibility index (Phi) is 6.80. The van der Waals surface area contributed by atoms with Crippen molar-refractivity contribution < 1.29 is 13.9 Å². The minimum atomic E-state index is -0.283. The molecule has 1 unspecified atom stereocenters. The van der Waals surface area contributed by atoms with Gasteiger partial charge in [-0.25, -0.2) is 9.18 Å². The highest BCUT2D eigenvalue weighted by atomic mass is 19.1. The first kappa shape index (κ1) is 17.7. The molecule has 1 atom stereocenters. The fraction of sp³-hybridized carbons (Fsp3) is 0.588. The first-order valence-electron chi connectivity index (χ1n) is 8.09. The van der Waals surface area contributed by atoms with Crippen LogP contribution in [0.25, 0.3) is 0 Å². The first-order chi connectivity index (χ1) is 11.1. The van der Waals surface area contributed by atoms with E-state index >= 15 is 0 Å². The zero-order valence-electron chi connectivity index (χ0n) is 13.9. The quantitative estimate of drug-likeness (QED) is 0.835. The molecule has 1 aromatic rings. The summed E-state index contributed by atoms with van der Waals surface area (Å²) in [7, 11) is 3.90. The van der Waals surface area contributed by atoms with Crippen LogP contribution in [0.4, 0.5) is 9.18 Å². The lowest BCUT2D eigenvalue weighted by Crippen LogP contribution is -2.44. The summed E-state index contributed by atoms with van der Waals surface area (Å²) in [5.74, 6) is -0.283. The predicted octanol–water partition coefficient (Wildman–Crippen LogP) is 2.08. The van der Waals surface area contributed by atoms with E-state index in [0.29, 0.717) is 18.7 Å². The molecule has 1 N–H and O–H groups in total. The maximum Gasteiger partial charge on any atom is 0.317 e. The molecule has 1 fully saturated rings. The number of rotatable bonds is 7. The van der Waals surface area contributed by atoms with Gasteiger partial charge in [-0.2, -0.15) is 0 Å². The summed E-state index contributed by atoms with van der Waals surface area (Å²) in [5.41, 5.74) is 0.526. The van der Waals surface area contributed by atoms with Crippen molar-refractivity contribution in [1.82, 2.24) is 15.1 Å². The molecule has 2 amide bonds. The van der Waals surface area contributed by atoms with Crippen LogP contribution in [0.2, 0.25) is 0 Å². The molecule has 6 heteroatoms. The highest BCUT2D eigenvalue weighted by molar-refractivity contribution is 5.74. The maximum absolute atomic E-state index is 13.9. The molecule has 23 heavy (non-hydrogen) atoms. The van der Waals surface area contributed by atoms with Gasteiger partial charge in [0.2, 0.25) is 0 Å². The zero-order chi connectivity index (χ0) is 16.7. The number of ether oxygens (including phenoxy) is 1. The summed E-state index contributed by atoms with van der Waals surface area (Å²) in [6.45, 7) is 2.80. The van der Waals surface area contributed by atoms with E-state index in [1.165, 1.54) is 6.07 Å². The normalized spacial score (nSPS) is 17.5. The van der Waals surface area contributed by atoms with Gasteiger partial charge in [0.1, 0.15) is 5.82 Å². The van der Waals surface area contributed by atoms with Crippen molar-refractivity contribution in [3.63, 3.8) is 0 Å². The number of amides is 2. The second kappa shape index (κ2) is 8.84. The average Bonchev–Trinajstić information content (AvgIpc) is 3.04. The van der Waals surface area contributed by atoms with Gasteiger partial charge in [-0.05, 0) is 33.0 Å². The van der Waals surface area contributed by atoms with Crippen LogP contribution in [-0.4, -0.2) is 62.3 Å². The number of hydrogen-bond acceptors (Lipinski definition) is 3. The Morgan fingerprint density at radius 1 is 1.35 bits per heavy atom. The average molecular weight is 323 g/mol. The molecule has 1 aromatic carbocycles. The predicted molar refractivity (Wildman–Crippen MR) is 87.7 cm³/mol. The second-order valence-electron chi connectivity index (χ2n) is 6.14. The summed E-state index contributed by atoms with van der Waals surface area (Å²) >= 11 is 0. The minimum Gasteiger partial charge on any atom is -0.376 e. The SMILES string of the molecule is CN(C)CCN(Cc1ccccc1F)C(=O)NCC1CCCO1. The molecule has 1 aliphatic heterocycles. The summed E-state index contributed by atoms with van der Waals surface area (Å²) in [4.78, 5) is 16.1. The van der Waals surface area contributed by atoms with Gasteiger partial charge in [0, 0.05) is 31.8 Å². The van der Waals surface area contributed by atoms with Crippen LogP contribution in [0.3, 0.4) is 0 Å². The van der Waals surface area contributed by atoms with Crippen LogP contribution in [0.15, 0.2) is 24.3 Å². The highest BCUT2D eigenvalue weighted by Crippen LogP contribution is 2.12. The van der Waals surface area contributed by atoms with Crippen LogP contribution in [-0.2, 0) is 11.3 Å². The van der Waals surface area contributed by atoms with Crippen LogP contribution < -0.4 is 5.32 Å². The Morgan fingerprint density at radius 3 is 2.78 bits per heavy atom. The van der Waals surface area contributed by atoms with E-state index in [2.05, 4.69) is 5.32 Å². The monoisotopic (exact) mass is 323 g/mol. The van der Waals surface area contributed by atoms with Crippen molar-refractivity contribution in [3.8, 4) is 0 Å². The van der Waals surface area contributed by atoms with Crippen LogP contribution in [0.1, 0.15) is 18.4 Å². The number of carbonyl (C=O) groups is 1. The van der Waals surface area contributed by atoms with Crippen molar-refractivity contribution in [1.29, 1.82) is 0 Å². The van der Waals surface area contributed by atoms with Crippen molar-refractivity contribution in [2.45, 2.75) is 25.5 Å². The van der Waals surface area contributed by atoms with Crippen molar-refractivity contribution in [2.24, 2.45) is 0 Å². The van der Waals surface area contributed by atoms with Crippen LogP contribution >= 0.6 is 0 Å². The fourth-order valence-corrected chi connectivity index (χ4v) is 2.52. The third kappa shape index (κ3) is 5.80. The van der Waals surface area contributed by atoms with E-state index in [9.17, 15) is 9.18 Å². The number of benzene rings is 1. The van der Waals surface area contributed by atoms with Crippen molar-refractivity contribution >= 4 is 6.03 Å². The Labute approximate surface area is 137 Å². The second-order valence-corrected chi connectivity index (χ2v) is 6.14. The van der Waals surface area contributed by atoms with Crippen molar-refractivity contribution in [2.75, 3.05) is 40.3 Å². The molecule has 0 saturated carbocycles. The van der Waals surface area contributed by atoms with E-state index in [1.807, 2.05) is 19.0 Å². The number of likely N-dealkylation sites (N-methyl/N-ethyl adjacent to an activating group) is 1. The molecule has 1 heterocycles. The van der Waals surface area contributed by atoms with Crippen LogP contribution in [0.5, 0.6) is 0 Å². The number of urea groups is 1. The minimum absolute atomic E-state index is 0.100. The van der Waals surface area contributed by atoms with Gasteiger partial charge in [0.25, 0.3) is 0 Å². The van der Waals surface area contributed by atoms with Gasteiger partial charge in [-0.3, -0.25) is 0 Å². The Morgan fingerprint density at radius 2 is 2.13 bits per heavy atom. The van der Waals surface area contributed by atoms with E-state index in [0.717, 1.165) is 26.0 Å². The lowest BCUT2D eigenvalue weighted by Gasteiger charge is -2.25. The number of halogens is 1. The molecule has 0 spiro atoms. The molecule has 0 bridgehead atoms. The molecule has 1 aliphatic rings. The summed E-state index contributed by atoms with van der Waals surface area (Å²) in [5, 5.41) is 2.91.